The van der Waals surface area contributed by atoms with Crippen LogP contribution in [0.1, 0.15) is 33.1 Å². The minimum absolute atomic E-state index is 0.0338. The van der Waals surface area contributed by atoms with E-state index in [9.17, 15) is 4.79 Å². The van der Waals surface area contributed by atoms with Crippen LogP contribution in [0.25, 0.3) is 0 Å². The molecule has 1 N–H and O–H groups in total. The van der Waals surface area contributed by atoms with Gasteiger partial charge in [0, 0.05) is 13.1 Å². The van der Waals surface area contributed by atoms with Crippen LogP contribution in [0.5, 0.6) is 0 Å². The quantitative estimate of drug-likeness (QED) is 0.666. The Labute approximate surface area is 91.7 Å². The number of nitrogens with zero attached hydrogens (tertiary/aromatic N) is 1. The zero-order chi connectivity index (χ0) is 11.1. The van der Waals surface area contributed by atoms with E-state index in [0.29, 0.717) is 18.2 Å². The molecule has 3 nitrogen and oxygen atoms in total. The van der Waals surface area contributed by atoms with Crippen molar-refractivity contribution in [3.63, 3.8) is 0 Å². The minimum Gasteiger partial charge on any atom is -0.350 e. The fourth-order valence-corrected chi connectivity index (χ4v) is 1.25. The number of carbonyl (C=O) groups is 1. The fourth-order valence-electron chi connectivity index (χ4n) is 1.25. The van der Waals surface area contributed by atoms with Crippen LogP contribution in [-0.4, -0.2) is 24.7 Å². The Morgan fingerprint density at radius 3 is 2.73 bits per heavy atom. The van der Waals surface area contributed by atoms with Crippen molar-refractivity contribution in [3.05, 3.63) is 12.2 Å². The van der Waals surface area contributed by atoms with Gasteiger partial charge in [0.25, 0.3) is 5.91 Å². The summed E-state index contributed by atoms with van der Waals surface area (Å²) in [7, 11) is 0. The fraction of sp³-hybridized carbons (Fsp3) is 0.667. The maximum absolute atomic E-state index is 11.7. The second-order valence-electron chi connectivity index (χ2n) is 3.82. The molecule has 0 aromatic carbocycles. The monoisotopic (exact) mass is 208 g/mol. The molecule has 0 aromatic heterocycles. The molecule has 0 heterocycles. The summed E-state index contributed by atoms with van der Waals surface area (Å²) in [5, 5.41) is 2.92. The van der Waals surface area contributed by atoms with Gasteiger partial charge in [0.05, 0.1) is 0 Å². The number of carbonyl (C=O) groups excluding carboxylic acids is 1. The number of nitrogens with one attached hydrogen (secondary N) is 1. The molecule has 1 fully saturated rings. The van der Waals surface area contributed by atoms with Crippen LogP contribution in [0.4, 0.5) is 0 Å². The first kappa shape index (κ1) is 12.0. The average Bonchev–Trinajstić information content (AvgIpc) is 3.04. The first-order valence-electron chi connectivity index (χ1n) is 5.77. The molecular weight excluding hydrogens is 188 g/mol. The van der Waals surface area contributed by atoms with E-state index in [0.717, 1.165) is 13.0 Å². The van der Waals surface area contributed by atoms with E-state index in [4.69, 9.17) is 0 Å². The predicted octanol–water partition coefficient (Wildman–Crippen LogP) is 1.94. The summed E-state index contributed by atoms with van der Waals surface area (Å²) in [6.45, 7) is 5.44. The minimum atomic E-state index is -0.0338. The highest BCUT2D eigenvalue weighted by atomic mass is 16.1. The Bertz CT molecular complexity index is 265. The summed E-state index contributed by atoms with van der Waals surface area (Å²) in [6, 6.07) is 0. The third-order valence-electron chi connectivity index (χ3n) is 2.32. The molecule has 3 heteroatoms. The van der Waals surface area contributed by atoms with Gasteiger partial charge in [-0.25, -0.2) is 0 Å². The first-order valence-corrected chi connectivity index (χ1v) is 5.77. The maximum Gasteiger partial charge on any atom is 0.269 e. The van der Waals surface area contributed by atoms with Crippen LogP contribution in [0.3, 0.4) is 0 Å². The lowest BCUT2D eigenvalue weighted by Crippen LogP contribution is -2.31. The molecule has 15 heavy (non-hydrogen) atoms. The summed E-state index contributed by atoms with van der Waals surface area (Å²) < 4.78 is 0. The second-order valence-corrected chi connectivity index (χ2v) is 3.82. The molecule has 0 aromatic rings. The highest BCUT2D eigenvalue weighted by Gasteiger charge is 2.22. The van der Waals surface area contributed by atoms with E-state index in [1.807, 2.05) is 26.0 Å². The topological polar surface area (TPSA) is 41.5 Å². The van der Waals surface area contributed by atoms with Crippen LogP contribution in [-0.2, 0) is 4.79 Å². The molecule has 0 saturated heterocycles. The van der Waals surface area contributed by atoms with E-state index in [1.165, 1.54) is 12.8 Å². The van der Waals surface area contributed by atoms with Crippen LogP contribution in [0, 0.1) is 5.92 Å². The lowest BCUT2D eigenvalue weighted by atomic mass is 10.2. The smallest absolute Gasteiger partial charge is 0.269 e. The molecule has 1 saturated carbocycles. The van der Waals surface area contributed by atoms with Gasteiger partial charge in [-0.3, -0.25) is 9.79 Å². The molecule has 0 spiro atoms. The zero-order valence-electron chi connectivity index (χ0n) is 9.62. The standard InChI is InChI=1S/C12H20N2O/c1-3-5-6-11(13-4-2)12(15)14-9-10-7-8-10/h5-6,10H,3-4,7-9H2,1-2H3,(H,14,15)/b6-5-,13-11+. The highest BCUT2D eigenvalue weighted by Crippen LogP contribution is 2.27. The first-order chi connectivity index (χ1) is 7.27. The second kappa shape index (κ2) is 6.38. The van der Waals surface area contributed by atoms with Gasteiger partial charge in [0.15, 0.2) is 0 Å². The molecule has 84 valence electrons. The lowest BCUT2D eigenvalue weighted by molar-refractivity contribution is -0.114. The normalized spacial score (nSPS) is 17.1. The van der Waals surface area contributed by atoms with E-state index in [1.54, 1.807) is 0 Å². The summed E-state index contributed by atoms with van der Waals surface area (Å²) in [6.07, 6.45) is 7.21. The summed E-state index contributed by atoms with van der Waals surface area (Å²) in [5.41, 5.74) is 0.556. The van der Waals surface area contributed by atoms with Crippen molar-refractivity contribution in [2.75, 3.05) is 13.1 Å². The Morgan fingerprint density at radius 2 is 2.20 bits per heavy atom. The van der Waals surface area contributed by atoms with Crippen molar-refractivity contribution >= 4 is 11.6 Å². The third-order valence-corrected chi connectivity index (χ3v) is 2.32. The molecule has 1 amide bonds. The average molecular weight is 208 g/mol. The molecule has 0 radical (unpaired) electrons. The van der Waals surface area contributed by atoms with Crippen molar-refractivity contribution < 1.29 is 4.79 Å². The number of hydrogen-bond donors (Lipinski definition) is 1. The number of rotatable bonds is 6. The van der Waals surface area contributed by atoms with Gasteiger partial charge < -0.3 is 5.32 Å². The van der Waals surface area contributed by atoms with Gasteiger partial charge >= 0.3 is 0 Å². The van der Waals surface area contributed by atoms with Crippen LogP contribution in [0.15, 0.2) is 17.1 Å². The Kier molecular flexibility index (Phi) is 5.08. The zero-order valence-corrected chi connectivity index (χ0v) is 9.62. The number of allylic oxidation sites excluding steroid dienone is 1. The summed E-state index contributed by atoms with van der Waals surface area (Å²) in [5.74, 6) is 0.681. The molecule has 1 aliphatic rings. The van der Waals surface area contributed by atoms with E-state index in [2.05, 4.69) is 10.3 Å². The Morgan fingerprint density at radius 1 is 1.47 bits per heavy atom. The molecule has 0 aliphatic heterocycles. The number of hydrogen-bond acceptors (Lipinski definition) is 2. The molecule has 1 aliphatic carbocycles. The maximum atomic E-state index is 11.7. The van der Waals surface area contributed by atoms with Crippen molar-refractivity contribution in [1.29, 1.82) is 0 Å². The summed E-state index contributed by atoms with van der Waals surface area (Å²) in [4.78, 5) is 15.9. The van der Waals surface area contributed by atoms with Crippen molar-refractivity contribution in [3.8, 4) is 0 Å². The van der Waals surface area contributed by atoms with Crippen molar-refractivity contribution in [2.45, 2.75) is 33.1 Å². The van der Waals surface area contributed by atoms with Gasteiger partial charge in [-0.2, -0.15) is 0 Å². The molecule has 1 rings (SSSR count). The molecule has 0 bridgehead atoms. The SMILES string of the molecule is CC/C=C\C(=N/CC)C(=O)NCC1CC1. The largest absolute Gasteiger partial charge is 0.350 e. The van der Waals surface area contributed by atoms with Crippen molar-refractivity contribution in [2.24, 2.45) is 10.9 Å². The van der Waals surface area contributed by atoms with Crippen LogP contribution >= 0.6 is 0 Å². The van der Waals surface area contributed by atoms with Gasteiger partial charge in [-0.1, -0.05) is 13.0 Å². The van der Waals surface area contributed by atoms with Gasteiger partial charge in [-0.15, -0.1) is 0 Å². The van der Waals surface area contributed by atoms with Crippen LogP contribution < -0.4 is 5.32 Å². The van der Waals surface area contributed by atoms with E-state index < -0.39 is 0 Å². The third kappa shape index (κ3) is 4.77. The predicted molar refractivity (Wildman–Crippen MR) is 63.1 cm³/mol. The van der Waals surface area contributed by atoms with Crippen LogP contribution in [0.2, 0.25) is 0 Å². The van der Waals surface area contributed by atoms with Gasteiger partial charge in [-0.05, 0) is 38.2 Å². The van der Waals surface area contributed by atoms with E-state index in [-0.39, 0.29) is 5.91 Å². The lowest BCUT2D eigenvalue weighted by Gasteiger charge is -2.03. The molecular formula is C12H20N2O. The van der Waals surface area contributed by atoms with Gasteiger partial charge in [0.2, 0.25) is 0 Å². The van der Waals surface area contributed by atoms with Crippen molar-refractivity contribution in [1.82, 2.24) is 5.32 Å². The molecule has 0 atom stereocenters. The van der Waals surface area contributed by atoms with E-state index >= 15 is 0 Å². The highest BCUT2D eigenvalue weighted by molar-refractivity contribution is 6.43. The Hall–Kier alpha value is -1.12. The Balaban J connectivity index is 2.42. The summed E-state index contributed by atoms with van der Waals surface area (Å²) >= 11 is 0. The number of aliphatic imine (C=N–C) groups is 1. The number of amides is 1. The van der Waals surface area contributed by atoms with Gasteiger partial charge in [0.1, 0.15) is 5.71 Å². The molecule has 0 unspecified atom stereocenters.